The summed E-state index contributed by atoms with van der Waals surface area (Å²) in [6, 6.07) is 10.2. The van der Waals surface area contributed by atoms with Gasteiger partial charge in [-0.05, 0) is 23.9 Å². The number of thioether (sulfide) groups is 1. The summed E-state index contributed by atoms with van der Waals surface area (Å²) < 4.78 is 1.05. The van der Waals surface area contributed by atoms with Gasteiger partial charge in [-0.25, -0.2) is 9.97 Å². The van der Waals surface area contributed by atoms with Crippen LogP contribution in [0.4, 0.5) is 0 Å². The molecule has 0 spiro atoms. The van der Waals surface area contributed by atoms with E-state index in [2.05, 4.69) is 41.2 Å². The summed E-state index contributed by atoms with van der Waals surface area (Å²) in [5.74, 6) is 0.478. The summed E-state index contributed by atoms with van der Waals surface area (Å²) in [5.41, 5.74) is 3.30. The van der Waals surface area contributed by atoms with Crippen LogP contribution in [-0.4, -0.2) is 33.6 Å². The zero-order chi connectivity index (χ0) is 16.2. The van der Waals surface area contributed by atoms with Crippen LogP contribution in [0.5, 0.6) is 0 Å². The number of amides is 1. The Bertz CT molecular complexity index is 814. The van der Waals surface area contributed by atoms with Gasteiger partial charge in [-0.15, -0.1) is 11.3 Å². The second kappa shape index (κ2) is 7.10. The van der Waals surface area contributed by atoms with E-state index in [1.807, 2.05) is 18.5 Å². The molecule has 0 aliphatic rings. The molecule has 0 N–H and O–H groups in total. The molecule has 23 heavy (non-hydrogen) atoms. The quantitative estimate of drug-likeness (QED) is 0.523. The summed E-state index contributed by atoms with van der Waals surface area (Å²) >= 11 is 3.08. The lowest BCUT2D eigenvalue weighted by atomic mass is 10.1. The maximum Gasteiger partial charge on any atom is 0.233 e. The van der Waals surface area contributed by atoms with E-state index in [-0.39, 0.29) is 5.91 Å². The van der Waals surface area contributed by atoms with Crippen molar-refractivity contribution in [3.63, 3.8) is 0 Å². The third kappa shape index (κ3) is 3.89. The molecule has 0 bridgehead atoms. The Morgan fingerprint density at radius 3 is 2.78 bits per heavy atom. The van der Waals surface area contributed by atoms with E-state index < -0.39 is 0 Å². The van der Waals surface area contributed by atoms with Gasteiger partial charge in [0.2, 0.25) is 5.91 Å². The molecule has 0 atom stereocenters. The lowest BCUT2D eigenvalue weighted by Gasteiger charge is -2.17. The van der Waals surface area contributed by atoms with Crippen molar-refractivity contribution in [2.75, 3.05) is 12.8 Å². The molecule has 0 unspecified atom stereocenters. The van der Waals surface area contributed by atoms with E-state index in [0.29, 0.717) is 12.3 Å². The molecule has 0 aliphatic heterocycles. The molecule has 2 aromatic heterocycles. The van der Waals surface area contributed by atoms with E-state index in [4.69, 9.17) is 0 Å². The average molecular weight is 343 g/mol. The Morgan fingerprint density at radius 2 is 2.00 bits per heavy atom. The molecule has 0 fully saturated rings. The van der Waals surface area contributed by atoms with Gasteiger partial charge in [0.15, 0.2) is 0 Å². The Kier molecular flexibility index (Phi) is 4.93. The van der Waals surface area contributed by atoms with Crippen LogP contribution in [0.2, 0.25) is 0 Å². The Morgan fingerprint density at radius 1 is 1.22 bits per heavy atom. The number of rotatable bonds is 5. The van der Waals surface area contributed by atoms with Gasteiger partial charge in [0, 0.05) is 13.6 Å². The van der Waals surface area contributed by atoms with Crippen LogP contribution < -0.4 is 0 Å². The van der Waals surface area contributed by atoms with Gasteiger partial charge >= 0.3 is 0 Å². The number of thiophene rings is 1. The fraction of sp³-hybridized carbons (Fsp3) is 0.235. The number of nitrogens with zero attached hydrogens (tertiary/aromatic N) is 3. The number of hydrogen-bond acceptors (Lipinski definition) is 5. The molecular weight excluding hydrogens is 326 g/mol. The first-order valence-electron chi connectivity index (χ1n) is 7.24. The highest BCUT2D eigenvalue weighted by molar-refractivity contribution is 8.00. The molecule has 0 saturated carbocycles. The molecule has 0 aliphatic carbocycles. The van der Waals surface area contributed by atoms with Crippen LogP contribution in [0.3, 0.4) is 0 Å². The molecular formula is C17H17N3OS2. The van der Waals surface area contributed by atoms with Crippen molar-refractivity contribution in [1.82, 2.24) is 14.9 Å². The second-order valence-electron chi connectivity index (χ2n) is 5.34. The Labute approximate surface area is 143 Å². The first-order valence-corrected chi connectivity index (χ1v) is 9.10. The predicted octanol–water partition coefficient (Wildman–Crippen LogP) is 3.75. The van der Waals surface area contributed by atoms with Crippen molar-refractivity contribution < 1.29 is 4.79 Å². The lowest BCUT2D eigenvalue weighted by Crippen LogP contribution is -2.27. The number of benzene rings is 1. The number of aromatic nitrogens is 2. The van der Waals surface area contributed by atoms with Crippen LogP contribution in [0.15, 0.2) is 47.1 Å². The summed E-state index contributed by atoms with van der Waals surface area (Å²) in [6.45, 7) is 2.68. The van der Waals surface area contributed by atoms with Crippen LogP contribution >= 0.6 is 23.1 Å². The van der Waals surface area contributed by atoms with E-state index in [0.717, 1.165) is 20.8 Å². The summed E-state index contributed by atoms with van der Waals surface area (Å²) in [6.07, 6.45) is 1.55. The van der Waals surface area contributed by atoms with Crippen molar-refractivity contribution in [3.05, 3.63) is 53.2 Å². The molecule has 0 saturated heterocycles. The van der Waals surface area contributed by atoms with Crippen LogP contribution in [-0.2, 0) is 11.3 Å². The molecule has 1 aromatic carbocycles. The summed E-state index contributed by atoms with van der Waals surface area (Å²) in [7, 11) is 1.84. The largest absolute Gasteiger partial charge is 0.341 e. The third-order valence-corrected chi connectivity index (χ3v) is 5.52. The molecule has 3 aromatic rings. The number of carbonyl (C=O) groups excluding carboxylic acids is 1. The minimum absolute atomic E-state index is 0.0962. The predicted molar refractivity (Wildman–Crippen MR) is 95.8 cm³/mol. The highest BCUT2D eigenvalue weighted by Gasteiger charge is 2.12. The molecule has 0 radical (unpaired) electrons. The minimum atomic E-state index is 0.0962. The molecule has 6 heteroatoms. The molecule has 3 rings (SSSR count). The Hall–Kier alpha value is -1.92. The second-order valence-corrected chi connectivity index (χ2v) is 7.22. The van der Waals surface area contributed by atoms with Gasteiger partial charge in [0.25, 0.3) is 0 Å². The fourth-order valence-electron chi connectivity index (χ4n) is 2.16. The zero-order valence-electron chi connectivity index (χ0n) is 13.0. The van der Waals surface area contributed by atoms with Gasteiger partial charge in [0.1, 0.15) is 11.4 Å². The SMILES string of the molecule is Cc1ccc(CN(C)C(=O)CSc2ncnc3ccsc23)cc1. The monoisotopic (exact) mass is 343 g/mol. The minimum Gasteiger partial charge on any atom is -0.341 e. The third-order valence-electron chi connectivity index (χ3n) is 3.51. The molecule has 118 valence electrons. The van der Waals surface area contributed by atoms with E-state index in [9.17, 15) is 4.79 Å². The van der Waals surface area contributed by atoms with Gasteiger partial charge in [-0.2, -0.15) is 0 Å². The summed E-state index contributed by atoms with van der Waals surface area (Å²) in [5, 5.41) is 2.87. The molecule has 4 nitrogen and oxygen atoms in total. The van der Waals surface area contributed by atoms with Crippen molar-refractivity contribution in [3.8, 4) is 0 Å². The van der Waals surface area contributed by atoms with Gasteiger partial charge in [-0.3, -0.25) is 4.79 Å². The maximum absolute atomic E-state index is 12.3. The zero-order valence-corrected chi connectivity index (χ0v) is 14.7. The van der Waals surface area contributed by atoms with Crippen LogP contribution in [0.1, 0.15) is 11.1 Å². The van der Waals surface area contributed by atoms with Crippen molar-refractivity contribution in [2.24, 2.45) is 0 Å². The first-order chi connectivity index (χ1) is 11.1. The smallest absolute Gasteiger partial charge is 0.233 e. The van der Waals surface area contributed by atoms with Gasteiger partial charge < -0.3 is 4.90 Å². The van der Waals surface area contributed by atoms with Crippen LogP contribution in [0, 0.1) is 6.92 Å². The number of carbonyl (C=O) groups is 1. The highest BCUT2D eigenvalue weighted by atomic mass is 32.2. The van der Waals surface area contributed by atoms with E-state index >= 15 is 0 Å². The number of aryl methyl sites for hydroxylation is 1. The number of hydrogen-bond donors (Lipinski definition) is 0. The van der Waals surface area contributed by atoms with Crippen molar-refractivity contribution >= 4 is 39.2 Å². The number of fused-ring (bicyclic) bond motifs is 1. The average Bonchev–Trinajstić information content (AvgIpc) is 3.03. The van der Waals surface area contributed by atoms with E-state index in [1.165, 1.54) is 17.3 Å². The van der Waals surface area contributed by atoms with Gasteiger partial charge in [-0.1, -0.05) is 41.6 Å². The van der Waals surface area contributed by atoms with Crippen molar-refractivity contribution in [2.45, 2.75) is 18.5 Å². The molecule has 1 amide bonds. The van der Waals surface area contributed by atoms with Gasteiger partial charge in [0.05, 0.1) is 16.0 Å². The Balaban J connectivity index is 1.60. The highest BCUT2D eigenvalue weighted by Crippen LogP contribution is 2.28. The topological polar surface area (TPSA) is 46.1 Å². The van der Waals surface area contributed by atoms with E-state index in [1.54, 1.807) is 22.6 Å². The lowest BCUT2D eigenvalue weighted by molar-refractivity contribution is -0.127. The summed E-state index contributed by atoms with van der Waals surface area (Å²) in [4.78, 5) is 22.6. The van der Waals surface area contributed by atoms with Crippen LogP contribution in [0.25, 0.3) is 10.2 Å². The first kappa shape index (κ1) is 16.0. The van der Waals surface area contributed by atoms with Crippen molar-refractivity contribution in [1.29, 1.82) is 0 Å². The normalized spacial score (nSPS) is 10.9. The standard InChI is InChI=1S/C17H17N3OS2/c1-12-3-5-13(6-4-12)9-20(2)15(21)10-23-17-16-14(7-8-22-16)18-11-19-17/h3-8,11H,9-10H2,1-2H3. The molecule has 2 heterocycles. The maximum atomic E-state index is 12.3. The fourth-order valence-corrected chi connectivity index (χ4v) is 4.05.